The molecular weight excluding hydrogens is 222 g/mol. The van der Waals surface area contributed by atoms with E-state index in [9.17, 15) is 0 Å². The third kappa shape index (κ3) is 2.21. The van der Waals surface area contributed by atoms with Crippen LogP contribution >= 0.6 is 0 Å². The highest BCUT2D eigenvalue weighted by atomic mass is 15.0. The highest BCUT2D eigenvalue weighted by Gasteiger charge is 2.26. The van der Waals surface area contributed by atoms with Gasteiger partial charge in [-0.3, -0.25) is 0 Å². The van der Waals surface area contributed by atoms with Gasteiger partial charge in [0.25, 0.3) is 0 Å². The summed E-state index contributed by atoms with van der Waals surface area (Å²) in [6.07, 6.45) is 4.41. The van der Waals surface area contributed by atoms with Crippen molar-refractivity contribution in [2.45, 2.75) is 25.7 Å². The van der Waals surface area contributed by atoms with Gasteiger partial charge in [0.05, 0.1) is 0 Å². The quantitative estimate of drug-likeness (QED) is 0.888. The van der Waals surface area contributed by atoms with E-state index in [1.807, 2.05) is 12.3 Å². The Morgan fingerprint density at radius 2 is 2.06 bits per heavy atom. The van der Waals surface area contributed by atoms with Crippen LogP contribution in [0, 0.1) is 0 Å². The third-order valence-corrected chi connectivity index (χ3v) is 3.23. The molecule has 0 saturated heterocycles. The van der Waals surface area contributed by atoms with Crippen LogP contribution in [0.25, 0.3) is 11.4 Å². The summed E-state index contributed by atoms with van der Waals surface area (Å²) >= 11 is 0. The molecule has 0 radical (unpaired) electrons. The molecule has 1 aromatic heterocycles. The number of rotatable bonds is 4. The maximum Gasteiger partial charge on any atom is 0.161 e. The number of hydrogen-bond acceptors (Lipinski definition) is 3. The summed E-state index contributed by atoms with van der Waals surface area (Å²) in [4.78, 5) is 8.99. The van der Waals surface area contributed by atoms with Crippen molar-refractivity contribution in [3.05, 3.63) is 42.1 Å². The van der Waals surface area contributed by atoms with Gasteiger partial charge in [-0.05, 0) is 37.3 Å². The molecule has 0 aliphatic heterocycles. The Labute approximate surface area is 107 Å². The van der Waals surface area contributed by atoms with E-state index in [1.54, 1.807) is 0 Å². The normalized spacial score (nSPS) is 14.5. The highest BCUT2D eigenvalue weighted by molar-refractivity contribution is 5.63. The van der Waals surface area contributed by atoms with E-state index in [0.717, 1.165) is 18.2 Å². The molecule has 0 bridgehead atoms. The molecule has 1 N–H and O–H groups in total. The smallest absolute Gasteiger partial charge is 0.161 e. The molecule has 1 saturated carbocycles. The number of benzene rings is 1. The van der Waals surface area contributed by atoms with Crippen molar-refractivity contribution in [2.75, 3.05) is 11.9 Å². The molecule has 3 rings (SSSR count). The Morgan fingerprint density at radius 3 is 2.83 bits per heavy atom. The summed E-state index contributed by atoms with van der Waals surface area (Å²) in [7, 11) is 0. The first-order chi connectivity index (χ1) is 8.88. The topological polar surface area (TPSA) is 37.8 Å². The van der Waals surface area contributed by atoms with Crippen LogP contribution in [-0.2, 0) is 0 Å². The van der Waals surface area contributed by atoms with Gasteiger partial charge in [0.15, 0.2) is 5.82 Å². The first kappa shape index (κ1) is 11.2. The number of anilines is 1. The lowest BCUT2D eigenvalue weighted by atomic mass is 10.0. The summed E-state index contributed by atoms with van der Waals surface area (Å²) in [5.41, 5.74) is 2.57. The van der Waals surface area contributed by atoms with Gasteiger partial charge >= 0.3 is 0 Å². The molecule has 2 aromatic rings. The summed E-state index contributed by atoms with van der Waals surface area (Å²) in [5, 5.41) is 3.23. The van der Waals surface area contributed by atoms with Crippen molar-refractivity contribution < 1.29 is 0 Å². The van der Waals surface area contributed by atoms with E-state index in [0.29, 0.717) is 5.92 Å². The molecular formula is C15H17N3. The average Bonchev–Trinajstić information content (AvgIpc) is 3.24. The molecule has 1 aliphatic carbocycles. The van der Waals surface area contributed by atoms with E-state index in [4.69, 9.17) is 0 Å². The second kappa shape index (κ2) is 4.77. The molecule has 18 heavy (non-hydrogen) atoms. The van der Waals surface area contributed by atoms with Gasteiger partial charge in [-0.2, -0.15) is 0 Å². The number of nitrogens with zero attached hydrogens (tertiary/aromatic N) is 2. The summed E-state index contributed by atoms with van der Waals surface area (Å²) in [6.45, 7) is 2.95. The van der Waals surface area contributed by atoms with Gasteiger partial charge in [-0.25, -0.2) is 9.97 Å². The summed E-state index contributed by atoms with van der Waals surface area (Å²) in [6, 6.07) is 10.4. The van der Waals surface area contributed by atoms with Crippen LogP contribution in [-0.4, -0.2) is 16.5 Å². The second-order valence-electron chi connectivity index (χ2n) is 4.66. The molecule has 0 amide bonds. The van der Waals surface area contributed by atoms with Gasteiger partial charge in [0.2, 0.25) is 0 Å². The van der Waals surface area contributed by atoms with Crippen molar-refractivity contribution in [2.24, 2.45) is 0 Å². The zero-order valence-corrected chi connectivity index (χ0v) is 10.6. The van der Waals surface area contributed by atoms with Gasteiger partial charge in [-0.1, -0.05) is 24.3 Å². The fourth-order valence-corrected chi connectivity index (χ4v) is 2.22. The second-order valence-corrected chi connectivity index (χ2v) is 4.66. The summed E-state index contributed by atoms with van der Waals surface area (Å²) < 4.78 is 0. The van der Waals surface area contributed by atoms with Crippen LogP contribution in [0.4, 0.5) is 5.82 Å². The predicted octanol–water partition coefficient (Wildman–Crippen LogP) is 3.45. The van der Waals surface area contributed by atoms with Crippen LogP contribution < -0.4 is 5.32 Å². The Balaban J connectivity index is 2.01. The zero-order valence-electron chi connectivity index (χ0n) is 10.6. The first-order valence-electron chi connectivity index (χ1n) is 6.54. The molecule has 1 aliphatic rings. The highest BCUT2D eigenvalue weighted by Crippen LogP contribution is 2.43. The lowest BCUT2D eigenvalue weighted by Gasteiger charge is -2.08. The number of nitrogens with one attached hydrogen (secondary N) is 1. The molecule has 3 heteroatoms. The van der Waals surface area contributed by atoms with Crippen LogP contribution in [0.1, 0.15) is 31.2 Å². The van der Waals surface area contributed by atoms with E-state index < -0.39 is 0 Å². The lowest BCUT2D eigenvalue weighted by molar-refractivity contribution is 1.09. The fourth-order valence-electron chi connectivity index (χ4n) is 2.22. The maximum absolute atomic E-state index is 4.58. The van der Waals surface area contributed by atoms with Gasteiger partial charge in [0, 0.05) is 18.3 Å². The van der Waals surface area contributed by atoms with E-state index >= 15 is 0 Å². The standard InChI is InChI=1S/C15H17N3/c1-2-16-14-9-10-17-15(18-14)13-6-4-3-5-12(13)11-7-8-11/h3-6,9-11H,2,7-8H2,1H3,(H,16,17,18). The number of aromatic nitrogens is 2. The van der Waals surface area contributed by atoms with Crippen LogP contribution in [0.15, 0.2) is 36.5 Å². The minimum Gasteiger partial charge on any atom is -0.370 e. The van der Waals surface area contributed by atoms with Crippen LogP contribution in [0.2, 0.25) is 0 Å². The monoisotopic (exact) mass is 239 g/mol. The van der Waals surface area contributed by atoms with E-state index in [2.05, 4.69) is 46.5 Å². The fraction of sp³-hybridized carbons (Fsp3) is 0.333. The predicted molar refractivity (Wildman–Crippen MR) is 73.6 cm³/mol. The van der Waals surface area contributed by atoms with Crippen LogP contribution in [0.3, 0.4) is 0 Å². The molecule has 0 spiro atoms. The average molecular weight is 239 g/mol. The molecule has 0 atom stereocenters. The number of hydrogen-bond donors (Lipinski definition) is 1. The molecule has 92 valence electrons. The Hall–Kier alpha value is -1.90. The van der Waals surface area contributed by atoms with E-state index in [-0.39, 0.29) is 0 Å². The van der Waals surface area contributed by atoms with Crippen molar-refractivity contribution in [1.82, 2.24) is 9.97 Å². The minimum absolute atomic E-state index is 0.715. The lowest BCUT2D eigenvalue weighted by Crippen LogP contribution is -2.01. The Morgan fingerprint density at radius 1 is 1.22 bits per heavy atom. The molecule has 3 nitrogen and oxygen atoms in total. The minimum atomic E-state index is 0.715. The van der Waals surface area contributed by atoms with Gasteiger partial charge in [-0.15, -0.1) is 0 Å². The molecule has 0 unspecified atom stereocenters. The molecule has 1 heterocycles. The Kier molecular flexibility index (Phi) is 2.97. The van der Waals surface area contributed by atoms with Crippen molar-refractivity contribution in [1.29, 1.82) is 0 Å². The van der Waals surface area contributed by atoms with Crippen molar-refractivity contribution in [3.63, 3.8) is 0 Å². The van der Waals surface area contributed by atoms with Crippen molar-refractivity contribution in [3.8, 4) is 11.4 Å². The first-order valence-corrected chi connectivity index (χ1v) is 6.54. The largest absolute Gasteiger partial charge is 0.370 e. The zero-order chi connectivity index (χ0) is 12.4. The van der Waals surface area contributed by atoms with E-state index in [1.165, 1.54) is 24.0 Å². The van der Waals surface area contributed by atoms with Crippen molar-refractivity contribution >= 4 is 5.82 Å². The summed E-state index contributed by atoms with van der Waals surface area (Å²) in [5.74, 6) is 2.44. The van der Waals surface area contributed by atoms with Crippen LogP contribution in [0.5, 0.6) is 0 Å². The van der Waals surface area contributed by atoms with Gasteiger partial charge < -0.3 is 5.32 Å². The molecule has 1 aromatic carbocycles. The molecule has 1 fully saturated rings. The van der Waals surface area contributed by atoms with Gasteiger partial charge in [0.1, 0.15) is 5.82 Å². The SMILES string of the molecule is CCNc1ccnc(-c2ccccc2C2CC2)n1. The third-order valence-electron chi connectivity index (χ3n) is 3.23. The maximum atomic E-state index is 4.58. The Bertz CT molecular complexity index is 547.